The molecule has 1 heterocycles. The summed E-state index contributed by atoms with van der Waals surface area (Å²) in [6.45, 7) is 1.03. The maximum Gasteiger partial charge on any atom is 0.253 e. The van der Waals surface area contributed by atoms with E-state index in [1.807, 2.05) is 24.3 Å². The van der Waals surface area contributed by atoms with Gasteiger partial charge in [0, 0.05) is 36.3 Å². The molecule has 0 aromatic heterocycles. The Bertz CT molecular complexity index is 886. The van der Waals surface area contributed by atoms with Gasteiger partial charge in [0.2, 0.25) is 5.91 Å². The van der Waals surface area contributed by atoms with E-state index >= 15 is 0 Å². The summed E-state index contributed by atoms with van der Waals surface area (Å²) in [5.41, 5.74) is 1.21. The Hall–Kier alpha value is -2.89. The second kappa shape index (κ2) is 9.28. The Morgan fingerprint density at radius 2 is 1.67 bits per heavy atom. The minimum Gasteiger partial charge on any atom is -0.490 e. The predicted molar refractivity (Wildman–Crippen MR) is 113 cm³/mol. The Balaban J connectivity index is 1.29. The van der Waals surface area contributed by atoms with Crippen LogP contribution in [0.25, 0.3) is 0 Å². The van der Waals surface area contributed by atoms with E-state index in [1.165, 1.54) is 37.1 Å². The fourth-order valence-corrected chi connectivity index (χ4v) is 4.21. The van der Waals surface area contributed by atoms with E-state index in [-0.39, 0.29) is 29.7 Å². The van der Waals surface area contributed by atoms with Crippen LogP contribution < -0.4 is 10.1 Å². The molecule has 6 heteroatoms. The van der Waals surface area contributed by atoms with Crippen LogP contribution in [0.1, 0.15) is 48.9 Å². The normalized spacial score (nSPS) is 17.7. The molecule has 0 radical (unpaired) electrons. The number of anilines is 1. The number of piperidine rings is 1. The molecule has 2 fully saturated rings. The van der Waals surface area contributed by atoms with Crippen molar-refractivity contribution in [2.45, 2.75) is 44.6 Å². The van der Waals surface area contributed by atoms with Crippen LogP contribution in [-0.4, -0.2) is 35.9 Å². The second-order valence-corrected chi connectivity index (χ2v) is 8.11. The maximum atomic E-state index is 13.1. The van der Waals surface area contributed by atoms with Crippen molar-refractivity contribution in [2.24, 2.45) is 5.92 Å². The molecule has 2 aromatic carbocycles. The number of likely N-dealkylation sites (tertiary alicyclic amines) is 1. The van der Waals surface area contributed by atoms with Crippen molar-refractivity contribution < 1.29 is 18.7 Å². The van der Waals surface area contributed by atoms with Crippen molar-refractivity contribution in [3.05, 3.63) is 59.9 Å². The molecule has 1 saturated heterocycles. The van der Waals surface area contributed by atoms with Gasteiger partial charge in [-0.2, -0.15) is 0 Å². The third-order valence-electron chi connectivity index (χ3n) is 5.95. The summed E-state index contributed by atoms with van der Waals surface area (Å²) in [6.07, 6.45) is 6.09. The predicted octanol–water partition coefficient (Wildman–Crippen LogP) is 4.64. The van der Waals surface area contributed by atoms with Crippen LogP contribution in [0.15, 0.2) is 48.5 Å². The number of ether oxygens (including phenoxy) is 1. The van der Waals surface area contributed by atoms with Gasteiger partial charge in [0.1, 0.15) is 11.6 Å². The van der Waals surface area contributed by atoms with Crippen molar-refractivity contribution >= 4 is 17.5 Å². The van der Waals surface area contributed by atoms with E-state index in [1.54, 1.807) is 4.90 Å². The third kappa shape index (κ3) is 4.99. The first-order valence-electron chi connectivity index (χ1n) is 10.7. The van der Waals surface area contributed by atoms with Gasteiger partial charge in [0.25, 0.3) is 5.91 Å². The van der Waals surface area contributed by atoms with Crippen molar-refractivity contribution in [1.82, 2.24) is 4.90 Å². The molecular weight excluding hydrogens is 383 g/mol. The number of nitrogens with zero attached hydrogens (tertiary/aromatic N) is 1. The number of carbonyl (C=O) groups excluding carboxylic acids is 2. The van der Waals surface area contributed by atoms with Crippen molar-refractivity contribution in [2.75, 3.05) is 18.4 Å². The molecule has 0 spiro atoms. The average Bonchev–Trinajstić information content (AvgIpc) is 3.27. The summed E-state index contributed by atoms with van der Waals surface area (Å²) in [5.74, 6) is 0.147. The van der Waals surface area contributed by atoms with Gasteiger partial charge >= 0.3 is 0 Å². The molecule has 2 aliphatic rings. The minimum absolute atomic E-state index is 0.0260. The maximum absolute atomic E-state index is 13.1. The average molecular weight is 410 g/mol. The SMILES string of the molecule is O=C(Nc1cccc(OC2CCCC2)c1)C1CCN(C(=O)c2ccc(F)cc2)CC1. The van der Waals surface area contributed by atoms with Crippen LogP contribution in [0, 0.1) is 11.7 Å². The Labute approximate surface area is 176 Å². The molecule has 4 rings (SSSR count). The number of benzene rings is 2. The van der Waals surface area contributed by atoms with Crippen LogP contribution >= 0.6 is 0 Å². The van der Waals surface area contributed by atoms with Crippen molar-refractivity contribution in [3.63, 3.8) is 0 Å². The Kier molecular flexibility index (Phi) is 6.31. The first kappa shape index (κ1) is 20.4. The molecule has 1 aliphatic carbocycles. The summed E-state index contributed by atoms with van der Waals surface area (Å²) in [5, 5.41) is 2.99. The number of hydrogen-bond acceptors (Lipinski definition) is 3. The minimum atomic E-state index is -0.361. The molecule has 158 valence electrons. The van der Waals surface area contributed by atoms with E-state index in [0.29, 0.717) is 31.5 Å². The van der Waals surface area contributed by atoms with Crippen LogP contribution in [-0.2, 0) is 4.79 Å². The lowest BCUT2D eigenvalue weighted by Gasteiger charge is -2.31. The highest BCUT2D eigenvalue weighted by Gasteiger charge is 2.28. The van der Waals surface area contributed by atoms with E-state index in [9.17, 15) is 14.0 Å². The van der Waals surface area contributed by atoms with Gasteiger partial charge in [-0.15, -0.1) is 0 Å². The van der Waals surface area contributed by atoms with Gasteiger partial charge in [0.05, 0.1) is 6.10 Å². The smallest absolute Gasteiger partial charge is 0.253 e. The van der Waals surface area contributed by atoms with Crippen LogP contribution in [0.5, 0.6) is 5.75 Å². The number of hydrogen-bond donors (Lipinski definition) is 1. The van der Waals surface area contributed by atoms with Gasteiger partial charge < -0.3 is 15.0 Å². The highest BCUT2D eigenvalue weighted by Crippen LogP contribution is 2.27. The highest BCUT2D eigenvalue weighted by atomic mass is 19.1. The number of halogens is 1. The highest BCUT2D eigenvalue weighted by molar-refractivity contribution is 5.95. The molecule has 5 nitrogen and oxygen atoms in total. The summed E-state index contributed by atoms with van der Waals surface area (Å²) in [6, 6.07) is 13.1. The zero-order valence-electron chi connectivity index (χ0n) is 17.0. The summed E-state index contributed by atoms with van der Waals surface area (Å²) >= 11 is 0. The molecule has 2 aromatic rings. The van der Waals surface area contributed by atoms with E-state index in [0.717, 1.165) is 24.3 Å². The van der Waals surface area contributed by atoms with Gasteiger partial charge in [-0.25, -0.2) is 4.39 Å². The lowest BCUT2D eigenvalue weighted by atomic mass is 9.95. The molecule has 2 amide bonds. The van der Waals surface area contributed by atoms with Gasteiger partial charge in [-0.1, -0.05) is 6.07 Å². The van der Waals surface area contributed by atoms with E-state index in [2.05, 4.69) is 5.32 Å². The Morgan fingerprint density at radius 1 is 0.967 bits per heavy atom. The number of nitrogens with one attached hydrogen (secondary N) is 1. The van der Waals surface area contributed by atoms with Gasteiger partial charge in [0.15, 0.2) is 0 Å². The molecule has 1 N–H and O–H groups in total. The number of amides is 2. The third-order valence-corrected chi connectivity index (χ3v) is 5.95. The summed E-state index contributed by atoms with van der Waals surface area (Å²) in [4.78, 5) is 27.0. The second-order valence-electron chi connectivity index (χ2n) is 8.11. The summed E-state index contributed by atoms with van der Waals surface area (Å²) < 4.78 is 19.1. The van der Waals surface area contributed by atoms with Crippen molar-refractivity contribution in [3.8, 4) is 5.75 Å². The molecule has 1 saturated carbocycles. The standard InChI is InChI=1S/C24H27FN2O3/c25-19-10-8-18(9-11-19)24(29)27-14-12-17(13-15-27)23(28)26-20-4-3-7-22(16-20)30-21-5-1-2-6-21/h3-4,7-11,16-17,21H,1-2,5-6,12-15H2,(H,26,28). The number of rotatable bonds is 5. The molecule has 0 bridgehead atoms. The monoisotopic (exact) mass is 410 g/mol. The zero-order valence-corrected chi connectivity index (χ0v) is 17.0. The van der Waals surface area contributed by atoms with Crippen molar-refractivity contribution in [1.29, 1.82) is 0 Å². The van der Waals surface area contributed by atoms with Crippen LogP contribution in [0.3, 0.4) is 0 Å². The summed E-state index contributed by atoms with van der Waals surface area (Å²) in [7, 11) is 0. The first-order chi connectivity index (χ1) is 14.6. The molecule has 0 atom stereocenters. The molecule has 30 heavy (non-hydrogen) atoms. The van der Waals surface area contributed by atoms with E-state index in [4.69, 9.17) is 4.74 Å². The zero-order chi connectivity index (χ0) is 20.9. The molecular formula is C24H27FN2O3. The lowest BCUT2D eigenvalue weighted by molar-refractivity contribution is -0.121. The van der Waals surface area contributed by atoms with Crippen LogP contribution in [0.4, 0.5) is 10.1 Å². The Morgan fingerprint density at radius 3 is 2.37 bits per heavy atom. The lowest BCUT2D eigenvalue weighted by Crippen LogP contribution is -2.41. The van der Waals surface area contributed by atoms with Crippen LogP contribution in [0.2, 0.25) is 0 Å². The fraction of sp³-hybridized carbons (Fsp3) is 0.417. The molecule has 1 aliphatic heterocycles. The first-order valence-corrected chi connectivity index (χ1v) is 10.7. The molecule has 0 unspecified atom stereocenters. The quantitative estimate of drug-likeness (QED) is 0.781. The van der Waals surface area contributed by atoms with E-state index < -0.39 is 0 Å². The topological polar surface area (TPSA) is 58.6 Å². The largest absolute Gasteiger partial charge is 0.490 e. The number of carbonyl (C=O) groups is 2. The van der Waals surface area contributed by atoms with Gasteiger partial charge in [-0.05, 0) is 74.9 Å². The fourth-order valence-electron chi connectivity index (χ4n) is 4.21. The van der Waals surface area contributed by atoms with Gasteiger partial charge in [-0.3, -0.25) is 9.59 Å².